The summed E-state index contributed by atoms with van der Waals surface area (Å²) in [7, 11) is 0. The molecule has 3 rings (SSSR count). The molecule has 5 nitrogen and oxygen atoms in total. The number of halogens is 2. The number of rotatable bonds is 4. The van der Waals surface area contributed by atoms with E-state index >= 15 is 0 Å². The first-order valence-electron chi connectivity index (χ1n) is 8.76. The molecular formula is C20H21ClFN3O2. The van der Waals surface area contributed by atoms with Gasteiger partial charge in [0, 0.05) is 42.6 Å². The molecule has 0 aromatic heterocycles. The van der Waals surface area contributed by atoms with Gasteiger partial charge in [-0.05, 0) is 55.0 Å². The highest BCUT2D eigenvalue weighted by Crippen LogP contribution is 2.20. The molecular weight excluding hydrogens is 369 g/mol. The maximum Gasteiger partial charge on any atom is 0.233 e. The van der Waals surface area contributed by atoms with E-state index in [1.807, 2.05) is 6.92 Å². The first-order valence-corrected chi connectivity index (χ1v) is 9.14. The fraction of sp³-hybridized carbons (Fsp3) is 0.300. The van der Waals surface area contributed by atoms with Crippen LogP contribution in [0.3, 0.4) is 0 Å². The van der Waals surface area contributed by atoms with Gasteiger partial charge in [-0.15, -0.1) is 0 Å². The minimum atomic E-state index is -0.341. The quantitative estimate of drug-likeness (QED) is 0.815. The molecule has 2 aromatic carbocycles. The molecule has 0 atom stereocenters. The largest absolute Gasteiger partial charge is 0.368 e. The average Bonchev–Trinajstić information content (AvgIpc) is 2.65. The van der Waals surface area contributed by atoms with Crippen molar-refractivity contribution in [3.63, 3.8) is 0 Å². The molecule has 1 heterocycles. The summed E-state index contributed by atoms with van der Waals surface area (Å²) in [5.41, 5.74) is 2.42. The minimum absolute atomic E-state index is 0.196. The topological polar surface area (TPSA) is 52.7 Å². The maximum absolute atomic E-state index is 13.0. The average molecular weight is 390 g/mol. The fourth-order valence-corrected chi connectivity index (χ4v) is 3.30. The number of nitrogens with one attached hydrogen (secondary N) is 1. The third kappa shape index (κ3) is 4.98. The summed E-state index contributed by atoms with van der Waals surface area (Å²) in [5.74, 6) is -0.807. The van der Waals surface area contributed by atoms with E-state index in [1.54, 1.807) is 35.2 Å². The van der Waals surface area contributed by atoms with Crippen LogP contribution >= 0.6 is 11.6 Å². The number of benzene rings is 2. The number of carbonyl (C=O) groups excluding carboxylic acids is 2. The number of hydrogen-bond donors (Lipinski definition) is 1. The highest BCUT2D eigenvalue weighted by Gasteiger charge is 2.23. The van der Waals surface area contributed by atoms with E-state index in [-0.39, 0.29) is 24.1 Å². The Hall–Kier alpha value is -2.60. The van der Waals surface area contributed by atoms with Crippen molar-refractivity contribution in [1.29, 1.82) is 0 Å². The van der Waals surface area contributed by atoms with Crippen LogP contribution < -0.4 is 10.2 Å². The van der Waals surface area contributed by atoms with Crippen molar-refractivity contribution in [3.05, 3.63) is 58.9 Å². The van der Waals surface area contributed by atoms with Crippen LogP contribution in [0.15, 0.2) is 42.5 Å². The standard InChI is InChI=1S/C20H21ClFN3O2/c1-14-12-15(21)2-7-18(14)23-19(26)13-20(27)25-10-8-24(9-11-25)17-5-3-16(22)4-6-17/h2-7,12H,8-11,13H2,1H3,(H,23,26). The lowest BCUT2D eigenvalue weighted by atomic mass is 10.2. The lowest BCUT2D eigenvalue weighted by molar-refractivity contribution is -0.134. The highest BCUT2D eigenvalue weighted by atomic mass is 35.5. The van der Waals surface area contributed by atoms with Gasteiger partial charge in [0.05, 0.1) is 0 Å². The summed E-state index contributed by atoms with van der Waals surface area (Å²) in [5, 5.41) is 3.35. The lowest BCUT2D eigenvalue weighted by Crippen LogP contribution is -2.49. The Morgan fingerprint density at radius 3 is 2.37 bits per heavy atom. The second-order valence-electron chi connectivity index (χ2n) is 6.53. The third-order valence-corrected chi connectivity index (χ3v) is 4.83. The van der Waals surface area contributed by atoms with Crippen LogP contribution in [0.2, 0.25) is 5.02 Å². The van der Waals surface area contributed by atoms with Crippen LogP contribution in [-0.4, -0.2) is 42.9 Å². The van der Waals surface area contributed by atoms with Gasteiger partial charge < -0.3 is 15.1 Å². The lowest BCUT2D eigenvalue weighted by Gasteiger charge is -2.36. The Labute approximate surface area is 162 Å². The Kier molecular flexibility index (Phi) is 5.96. The molecule has 7 heteroatoms. The Morgan fingerprint density at radius 2 is 1.74 bits per heavy atom. The first kappa shape index (κ1) is 19.2. The molecule has 0 unspecified atom stereocenters. The van der Waals surface area contributed by atoms with Crippen molar-refractivity contribution in [2.24, 2.45) is 0 Å². The molecule has 1 aliphatic heterocycles. The monoisotopic (exact) mass is 389 g/mol. The van der Waals surface area contributed by atoms with E-state index < -0.39 is 0 Å². The van der Waals surface area contributed by atoms with Gasteiger partial charge >= 0.3 is 0 Å². The zero-order valence-corrected chi connectivity index (χ0v) is 15.8. The van der Waals surface area contributed by atoms with E-state index in [2.05, 4.69) is 10.2 Å². The van der Waals surface area contributed by atoms with E-state index in [0.717, 1.165) is 11.3 Å². The Morgan fingerprint density at radius 1 is 1.07 bits per heavy atom. The predicted molar refractivity (Wildman–Crippen MR) is 105 cm³/mol. The van der Waals surface area contributed by atoms with Gasteiger partial charge in [-0.3, -0.25) is 9.59 Å². The maximum atomic E-state index is 13.0. The molecule has 0 spiro atoms. The van der Waals surface area contributed by atoms with Crippen molar-refractivity contribution in [2.75, 3.05) is 36.4 Å². The van der Waals surface area contributed by atoms with E-state index in [4.69, 9.17) is 11.6 Å². The van der Waals surface area contributed by atoms with Crippen molar-refractivity contribution in [3.8, 4) is 0 Å². The van der Waals surface area contributed by atoms with E-state index in [0.29, 0.717) is 36.9 Å². The normalized spacial score (nSPS) is 14.2. The van der Waals surface area contributed by atoms with Gasteiger partial charge in [0.25, 0.3) is 0 Å². The van der Waals surface area contributed by atoms with Crippen molar-refractivity contribution in [2.45, 2.75) is 13.3 Å². The molecule has 1 aliphatic rings. The minimum Gasteiger partial charge on any atom is -0.368 e. The summed E-state index contributed by atoms with van der Waals surface area (Å²) in [6, 6.07) is 11.5. The molecule has 2 aromatic rings. The summed E-state index contributed by atoms with van der Waals surface area (Å²) in [6.45, 7) is 4.20. The van der Waals surface area contributed by atoms with E-state index in [1.165, 1.54) is 12.1 Å². The Balaban J connectivity index is 1.50. The summed E-state index contributed by atoms with van der Waals surface area (Å²) in [4.78, 5) is 28.4. The molecule has 2 amide bonds. The van der Waals surface area contributed by atoms with Gasteiger partial charge in [-0.25, -0.2) is 4.39 Å². The summed E-state index contributed by atoms with van der Waals surface area (Å²) < 4.78 is 13.0. The van der Waals surface area contributed by atoms with Gasteiger partial charge in [0.1, 0.15) is 12.2 Å². The second kappa shape index (κ2) is 8.39. The molecule has 0 radical (unpaired) electrons. The molecule has 0 aliphatic carbocycles. The van der Waals surface area contributed by atoms with Gasteiger partial charge in [-0.1, -0.05) is 11.6 Å². The van der Waals surface area contributed by atoms with Gasteiger partial charge in [-0.2, -0.15) is 0 Å². The van der Waals surface area contributed by atoms with Crippen LogP contribution in [-0.2, 0) is 9.59 Å². The second-order valence-corrected chi connectivity index (χ2v) is 6.96. The smallest absolute Gasteiger partial charge is 0.233 e. The van der Waals surface area contributed by atoms with Crippen LogP contribution in [0.4, 0.5) is 15.8 Å². The van der Waals surface area contributed by atoms with Crippen LogP contribution in [0.5, 0.6) is 0 Å². The molecule has 27 heavy (non-hydrogen) atoms. The van der Waals surface area contributed by atoms with Crippen molar-refractivity contribution >= 4 is 34.8 Å². The van der Waals surface area contributed by atoms with Crippen molar-refractivity contribution < 1.29 is 14.0 Å². The molecule has 1 fully saturated rings. The van der Waals surface area contributed by atoms with Gasteiger partial charge in [0.2, 0.25) is 11.8 Å². The number of nitrogens with zero attached hydrogens (tertiary/aromatic N) is 2. The first-order chi connectivity index (χ1) is 12.9. The number of anilines is 2. The predicted octanol–water partition coefficient (Wildman–Crippen LogP) is 3.46. The SMILES string of the molecule is Cc1cc(Cl)ccc1NC(=O)CC(=O)N1CCN(c2ccc(F)cc2)CC1. The highest BCUT2D eigenvalue weighted by molar-refractivity contribution is 6.30. The molecule has 0 saturated carbocycles. The van der Waals surface area contributed by atoms with Crippen LogP contribution in [0, 0.1) is 12.7 Å². The van der Waals surface area contributed by atoms with Gasteiger partial charge in [0.15, 0.2) is 0 Å². The zero-order chi connectivity index (χ0) is 19.4. The number of amides is 2. The molecule has 0 bridgehead atoms. The fourth-order valence-electron chi connectivity index (χ4n) is 3.08. The summed E-state index contributed by atoms with van der Waals surface area (Å²) in [6.07, 6.45) is -0.196. The molecule has 142 valence electrons. The number of aryl methyl sites for hydroxylation is 1. The Bertz CT molecular complexity index is 834. The van der Waals surface area contributed by atoms with E-state index in [9.17, 15) is 14.0 Å². The summed E-state index contributed by atoms with van der Waals surface area (Å²) >= 11 is 5.91. The molecule has 1 N–H and O–H groups in total. The number of piperazine rings is 1. The van der Waals surface area contributed by atoms with Crippen LogP contribution in [0.25, 0.3) is 0 Å². The van der Waals surface area contributed by atoms with Crippen molar-refractivity contribution in [1.82, 2.24) is 4.90 Å². The number of carbonyl (C=O) groups is 2. The third-order valence-electron chi connectivity index (χ3n) is 4.60. The number of hydrogen-bond acceptors (Lipinski definition) is 3. The van der Waals surface area contributed by atoms with Crippen LogP contribution in [0.1, 0.15) is 12.0 Å². The molecule has 1 saturated heterocycles. The zero-order valence-electron chi connectivity index (χ0n) is 15.0.